The van der Waals surface area contributed by atoms with Gasteiger partial charge in [0.25, 0.3) is 0 Å². The molecule has 0 aromatic carbocycles. The summed E-state index contributed by atoms with van der Waals surface area (Å²) in [6.07, 6.45) is 3.44. The summed E-state index contributed by atoms with van der Waals surface area (Å²) in [6, 6.07) is 0.577. The van der Waals surface area contributed by atoms with Gasteiger partial charge in [0.15, 0.2) is 0 Å². The Bertz CT molecular complexity index is 315. The molecule has 1 aliphatic heterocycles. The van der Waals surface area contributed by atoms with E-state index in [1.165, 1.54) is 32.4 Å². The summed E-state index contributed by atoms with van der Waals surface area (Å²) in [5.41, 5.74) is -0.427. The van der Waals surface area contributed by atoms with Crippen molar-refractivity contribution >= 4 is 6.09 Å². The summed E-state index contributed by atoms with van der Waals surface area (Å²) in [5, 5.41) is 3.58. The van der Waals surface area contributed by atoms with Gasteiger partial charge in [0, 0.05) is 26.2 Å². The van der Waals surface area contributed by atoms with Crippen LogP contribution in [0.15, 0.2) is 0 Å². The summed E-state index contributed by atoms with van der Waals surface area (Å²) in [4.78, 5) is 16.0. The molecule has 0 saturated carbocycles. The molecule has 0 spiro atoms. The van der Waals surface area contributed by atoms with E-state index in [1.54, 1.807) is 11.9 Å². The molecule has 1 rings (SSSR count). The third-order valence-electron chi connectivity index (χ3n) is 3.85. The van der Waals surface area contributed by atoms with Gasteiger partial charge in [-0.05, 0) is 59.7 Å². The number of hydrogen-bond donors (Lipinski definition) is 1. The molecule has 1 unspecified atom stereocenters. The average molecular weight is 299 g/mol. The fourth-order valence-electron chi connectivity index (χ4n) is 2.54. The molecule has 124 valence electrons. The Morgan fingerprint density at radius 2 is 2.05 bits per heavy atom. The second-order valence-electron chi connectivity index (χ2n) is 6.92. The number of carbonyl (C=O) groups is 1. The highest BCUT2D eigenvalue weighted by Gasteiger charge is 2.20. The molecule has 1 heterocycles. The molecule has 1 aliphatic rings. The fourth-order valence-corrected chi connectivity index (χ4v) is 2.54. The first-order chi connectivity index (χ1) is 9.81. The first-order valence-corrected chi connectivity index (χ1v) is 8.21. The monoisotopic (exact) mass is 299 g/mol. The number of amides is 1. The van der Waals surface area contributed by atoms with Gasteiger partial charge in [0.2, 0.25) is 0 Å². The van der Waals surface area contributed by atoms with Gasteiger partial charge in [-0.25, -0.2) is 4.79 Å². The molecule has 1 N–H and O–H groups in total. The van der Waals surface area contributed by atoms with Gasteiger partial charge >= 0.3 is 6.09 Å². The molecule has 0 aromatic heterocycles. The van der Waals surface area contributed by atoms with Gasteiger partial charge < -0.3 is 19.9 Å². The lowest BCUT2D eigenvalue weighted by atomic mass is 10.1. The van der Waals surface area contributed by atoms with Crippen LogP contribution < -0.4 is 5.32 Å². The van der Waals surface area contributed by atoms with E-state index in [0.717, 1.165) is 13.1 Å². The molecule has 1 amide bonds. The van der Waals surface area contributed by atoms with Gasteiger partial charge in [-0.15, -0.1) is 0 Å². The smallest absolute Gasteiger partial charge is 0.410 e. The number of hydrogen-bond acceptors (Lipinski definition) is 4. The average Bonchev–Trinajstić information content (AvgIpc) is 2.61. The molecule has 0 aromatic rings. The van der Waals surface area contributed by atoms with Crippen LogP contribution in [0.1, 0.15) is 47.0 Å². The normalized spacial score (nSPS) is 20.9. The number of ether oxygens (including phenoxy) is 1. The Balaban J connectivity index is 2.22. The van der Waals surface area contributed by atoms with Crippen molar-refractivity contribution in [3.8, 4) is 0 Å². The zero-order chi connectivity index (χ0) is 15.9. The Morgan fingerprint density at radius 1 is 1.33 bits per heavy atom. The van der Waals surface area contributed by atoms with Crippen molar-refractivity contribution in [2.24, 2.45) is 0 Å². The van der Waals surface area contributed by atoms with E-state index in [4.69, 9.17) is 4.74 Å². The van der Waals surface area contributed by atoms with E-state index in [1.807, 2.05) is 20.8 Å². The third kappa shape index (κ3) is 7.67. The van der Waals surface area contributed by atoms with Gasteiger partial charge in [-0.2, -0.15) is 0 Å². The van der Waals surface area contributed by atoms with E-state index in [9.17, 15) is 4.79 Å². The maximum absolute atomic E-state index is 11.8. The molecule has 1 atom stereocenters. The minimum absolute atomic E-state index is 0.248. The lowest BCUT2D eigenvalue weighted by Gasteiger charge is -2.25. The van der Waals surface area contributed by atoms with Crippen molar-refractivity contribution in [2.45, 2.75) is 58.6 Å². The van der Waals surface area contributed by atoms with Crippen LogP contribution in [0.2, 0.25) is 0 Å². The quantitative estimate of drug-likeness (QED) is 0.846. The first kappa shape index (κ1) is 18.2. The van der Waals surface area contributed by atoms with Crippen molar-refractivity contribution in [3.63, 3.8) is 0 Å². The van der Waals surface area contributed by atoms with Crippen molar-refractivity contribution < 1.29 is 9.53 Å². The molecule has 0 bridgehead atoms. The predicted octanol–water partition coefficient (Wildman–Crippen LogP) is 2.32. The lowest BCUT2D eigenvalue weighted by Crippen LogP contribution is -2.40. The van der Waals surface area contributed by atoms with E-state index in [2.05, 4.69) is 17.1 Å². The molecule has 21 heavy (non-hydrogen) atoms. The van der Waals surface area contributed by atoms with E-state index in [0.29, 0.717) is 12.6 Å². The van der Waals surface area contributed by atoms with Crippen molar-refractivity contribution in [3.05, 3.63) is 0 Å². The first-order valence-electron chi connectivity index (χ1n) is 8.21. The Kier molecular flexibility index (Phi) is 7.46. The second-order valence-corrected chi connectivity index (χ2v) is 6.92. The van der Waals surface area contributed by atoms with Crippen LogP contribution in [0.25, 0.3) is 0 Å². The van der Waals surface area contributed by atoms with Gasteiger partial charge in [-0.3, -0.25) is 0 Å². The summed E-state index contributed by atoms with van der Waals surface area (Å²) < 4.78 is 5.34. The minimum Gasteiger partial charge on any atom is -0.444 e. The molecule has 1 fully saturated rings. The van der Waals surface area contributed by atoms with Crippen LogP contribution >= 0.6 is 0 Å². The van der Waals surface area contributed by atoms with Crippen molar-refractivity contribution in [2.75, 3.05) is 39.8 Å². The van der Waals surface area contributed by atoms with Crippen molar-refractivity contribution in [1.29, 1.82) is 0 Å². The lowest BCUT2D eigenvalue weighted by molar-refractivity contribution is 0.0299. The SMILES string of the molecule is CCN1CCCC(NCCN(C)C(=O)OC(C)(C)C)CC1. The number of likely N-dealkylation sites (tertiary alicyclic amines) is 1. The Hall–Kier alpha value is -0.810. The van der Waals surface area contributed by atoms with Gasteiger partial charge in [-0.1, -0.05) is 6.92 Å². The Morgan fingerprint density at radius 3 is 2.67 bits per heavy atom. The number of rotatable bonds is 5. The summed E-state index contributed by atoms with van der Waals surface area (Å²) >= 11 is 0. The van der Waals surface area contributed by atoms with Crippen molar-refractivity contribution in [1.82, 2.24) is 15.1 Å². The fraction of sp³-hybridized carbons (Fsp3) is 0.938. The van der Waals surface area contributed by atoms with E-state index < -0.39 is 5.60 Å². The number of nitrogens with zero attached hydrogens (tertiary/aromatic N) is 2. The maximum atomic E-state index is 11.8. The molecule has 0 aliphatic carbocycles. The molecule has 1 saturated heterocycles. The second kappa shape index (κ2) is 8.59. The molecule has 5 nitrogen and oxygen atoms in total. The number of likely N-dealkylation sites (N-methyl/N-ethyl adjacent to an activating group) is 1. The molecular formula is C16H33N3O2. The minimum atomic E-state index is -0.427. The largest absolute Gasteiger partial charge is 0.444 e. The van der Waals surface area contributed by atoms with Crippen LogP contribution in [0.5, 0.6) is 0 Å². The van der Waals surface area contributed by atoms with Crippen LogP contribution in [-0.2, 0) is 4.74 Å². The van der Waals surface area contributed by atoms with E-state index in [-0.39, 0.29) is 6.09 Å². The molecule has 5 heteroatoms. The Labute approximate surface area is 130 Å². The zero-order valence-corrected chi connectivity index (χ0v) is 14.4. The number of carbonyl (C=O) groups excluding carboxylic acids is 1. The summed E-state index contributed by atoms with van der Waals surface area (Å²) in [6.45, 7) is 12.9. The highest BCUT2D eigenvalue weighted by Crippen LogP contribution is 2.11. The molecule has 0 radical (unpaired) electrons. The highest BCUT2D eigenvalue weighted by atomic mass is 16.6. The summed E-state index contributed by atoms with van der Waals surface area (Å²) in [5.74, 6) is 0. The number of nitrogens with one attached hydrogen (secondary N) is 1. The predicted molar refractivity (Wildman–Crippen MR) is 86.6 cm³/mol. The van der Waals surface area contributed by atoms with Crippen LogP contribution in [0.4, 0.5) is 4.79 Å². The maximum Gasteiger partial charge on any atom is 0.410 e. The third-order valence-corrected chi connectivity index (χ3v) is 3.85. The van der Waals surface area contributed by atoms with E-state index >= 15 is 0 Å². The standard InChI is InChI=1S/C16H33N3O2/c1-6-19-11-7-8-14(9-12-19)17-10-13-18(5)15(20)21-16(2,3)4/h14,17H,6-13H2,1-5H3. The van der Waals surface area contributed by atoms with Gasteiger partial charge in [0.05, 0.1) is 0 Å². The van der Waals surface area contributed by atoms with Crippen LogP contribution in [-0.4, -0.2) is 67.3 Å². The van der Waals surface area contributed by atoms with Gasteiger partial charge in [0.1, 0.15) is 5.60 Å². The van der Waals surface area contributed by atoms with Crippen LogP contribution in [0.3, 0.4) is 0 Å². The topological polar surface area (TPSA) is 44.8 Å². The van der Waals surface area contributed by atoms with Crippen LogP contribution in [0, 0.1) is 0 Å². The molecular weight excluding hydrogens is 266 g/mol. The zero-order valence-electron chi connectivity index (χ0n) is 14.4. The highest BCUT2D eigenvalue weighted by molar-refractivity contribution is 5.67. The summed E-state index contributed by atoms with van der Waals surface area (Å²) in [7, 11) is 1.79.